The molecule has 0 amide bonds. The lowest BCUT2D eigenvalue weighted by atomic mass is 9.96. The molecule has 0 radical (unpaired) electrons. The Bertz CT molecular complexity index is 484. The lowest BCUT2D eigenvalue weighted by Gasteiger charge is -2.34. The van der Waals surface area contributed by atoms with E-state index in [9.17, 15) is 10.1 Å². The van der Waals surface area contributed by atoms with Crippen molar-refractivity contribution in [1.29, 1.82) is 0 Å². The predicted molar refractivity (Wildman–Crippen MR) is 74.9 cm³/mol. The normalized spacial score (nSPS) is 22.5. The van der Waals surface area contributed by atoms with Crippen LogP contribution in [-0.4, -0.2) is 30.7 Å². The second-order valence-electron chi connectivity index (χ2n) is 5.27. The molecular formula is C14H20N2O4. The molecule has 0 saturated carbocycles. The lowest BCUT2D eigenvalue weighted by Crippen LogP contribution is -2.45. The standard InChI is InChI=1S/C14H20N2O4/c1-14(6-3-7-15-10-14)20-9-11-8-12(16(17)18)4-5-13(11)19-2/h4-5,8,15H,3,6-7,9-10H2,1-2H3. The molecule has 1 unspecified atom stereocenters. The van der Waals surface area contributed by atoms with Crippen LogP contribution in [0.4, 0.5) is 5.69 Å². The van der Waals surface area contributed by atoms with Gasteiger partial charge in [-0.2, -0.15) is 0 Å². The first kappa shape index (κ1) is 14.7. The van der Waals surface area contributed by atoms with Crippen LogP contribution >= 0.6 is 0 Å². The van der Waals surface area contributed by atoms with Crippen LogP contribution in [-0.2, 0) is 11.3 Å². The number of non-ortho nitro benzene ring substituents is 1. The third-order valence-electron chi connectivity index (χ3n) is 3.61. The van der Waals surface area contributed by atoms with Gasteiger partial charge in [0.15, 0.2) is 0 Å². The molecule has 1 saturated heterocycles. The summed E-state index contributed by atoms with van der Waals surface area (Å²) in [6, 6.07) is 4.56. The number of nitrogens with one attached hydrogen (secondary N) is 1. The molecule has 1 heterocycles. The number of benzene rings is 1. The van der Waals surface area contributed by atoms with Crippen LogP contribution in [0.3, 0.4) is 0 Å². The molecule has 1 atom stereocenters. The van der Waals surface area contributed by atoms with E-state index in [0.717, 1.165) is 25.9 Å². The van der Waals surface area contributed by atoms with Gasteiger partial charge in [0, 0.05) is 24.2 Å². The molecule has 1 aromatic carbocycles. The quantitative estimate of drug-likeness (QED) is 0.661. The minimum absolute atomic E-state index is 0.0522. The van der Waals surface area contributed by atoms with Crippen molar-refractivity contribution in [2.75, 3.05) is 20.2 Å². The molecule has 1 fully saturated rings. The van der Waals surface area contributed by atoms with Gasteiger partial charge >= 0.3 is 0 Å². The molecule has 6 nitrogen and oxygen atoms in total. The average Bonchev–Trinajstić information content (AvgIpc) is 2.45. The number of ether oxygens (including phenoxy) is 2. The van der Waals surface area contributed by atoms with Crippen molar-refractivity contribution in [3.05, 3.63) is 33.9 Å². The maximum absolute atomic E-state index is 10.8. The molecule has 1 aliphatic heterocycles. The van der Waals surface area contributed by atoms with Crippen molar-refractivity contribution in [1.82, 2.24) is 5.32 Å². The van der Waals surface area contributed by atoms with Crippen molar-refractivity contribution in [2.45, 2.75) is 32.0 Å². The number of nitro groups is 1. The van der Waals surface area contributed by atoms with Gasteiger partial charge < -0.3 is 14.8 Å². The fourth-order valence-electron chi connectivity index (χ4n) is 2.40. The van der Waals surface area contributed by atoms with Crippen LogP contribution in [0.5, 0.6) is 5.75 Å². The molecule has 1 aromatic rings. The maximum atomic E-state index is 10.8. The molecule has 0 spiro atoms. The second kappa shape index (κ2) is 6.19. The first-order valence-corrected chi connectivity index (χ1v) is 6.70. The van der Waals surface area contributed by atoms with E-state index in [4.69, 9.17) is 9.47 Å². The van der Waals surface area contributed by atoms with E-state index >= 15 is 0 Å². The van der Waals surface area contributed by atoms with E-state index in [0.29, 0.717) is 17.9 Å². The Balaban J connectivity index is 2.10. The summed E-state index contributed by atoms with van der Waals surface area (Å²) >= 11 is 0. The number of hydrogen-bond acceptors (Lipinski definition) is 5. The van der Waals surface area contributed by atoms with Gasteiger partial charge in [-0.15, -0.1) is 0 Å². The third kappa shape index (κ3) is 3.46. The van der Waals surface area contributed by atoms with E-state index in [2.05, 4.69) is 12.2 Å². The van der Waals surface area contributed by atoms with E-state index in [1.54, 1.807) is 13.2 Å². The van der Waals surface area contributed by atoms with Gasteiger partial charge in [0.25, 0.3) is 5.69 Å². The Labute approximate surface area is 118 Å². The summed E-state index contributed by atoms with van der Waals surface area (Å²) in [5.41, 5.74) is 0.526. The third-order valence-corrected chi connectivity index (χ3v) is 3.61. The summed E-state index contributed by atoms with van der Waals surface area (Å²) in [5, 5.41) is 14.1. The molecule has 1 aliphatic rings. The highest BCUT2D eigenvalue weighted by Crippen LogP contribution is 2.28. The summed E-state index contributed by atoms with van der Waals surface area (Å²) in [5.74, 6) is 0.614. The summed E-state index contributed by atoms with van der Waals surface area (Å²) < 4.78 is 11.2. The van der Waals surface area contributed by atoms with Gasteiger partial charge in [0.2, 0.25) is 0 Å². The minimum Gasteiger partial charge on any atom is -0.496 e. The maximum Gasteiger partial charge on any atom is 0.270 e. The van der Waals surface area contributed by atoms with Gasteiger partial charge in [-0.3, -0.25) is 10.1 Å². The van der Waals surface area contributed by atoms with Gasteiger partial charge in [0.05, 0.1) is 24.2 Å². The van der Waals surface area contributed by atoms with Crippen molar-refractivity contribution in [3.63, 3.8) is 0 Å². The summed E-state index contributed by atoms with van der Waals surface area (Å²) in [4.78, 5) is 10.4. The Morgan fingerprint density at radius 3 is 2.90 bits per heavy atom. The molecule has 1 N–H and O–H groups in total. The van der Waals surface area contributed by atoms with Gasteiger partial charge in [-0.05, 0) is 32.4 Å². The zero-order chi connectivity index (χ0) is 14.6. The molecule has 0 aromatic heterocycles. The van der Waals surface area contributed by atoms with Crippen molar-refractivity contribution in [3.8, 4) is 5.75 Å². The monoisotopic (exact) mass is 280 g/mol. The van der Waals surface area contributed by atoms with E-state index in [1.807, 2.05) is 0 Å². The highest BCUT2D eigenvalue weighted by Gasteiger charge is 2.28. The highest BCUT2D eigenvalue weighted by molar-refractivity contribution is 5.43. The molecule has 6 heteroatoms. The van der Waals surface area contributed by atoms with Crippen molar-refractivity contribution >= 4 is 5.69 Å². The summed E-state index contributed by atoms with van der Waals surface area (Å²) in [6.07, 6.45) is 2.06. The number of rotatable bonds is 5. The average molecular weight is 280 g/mol. The van der Waals surface area contributed by atoms with Gasteiger partial charge in [-0.25, -0.2) is 0 Å². The Hall–Kier alpha value is -1.66. The number of nitrogens with zero attached hydrogens (tertiary/aromatic N) is 1. The van der Waals surface area contributed by atoms with Crippen LogP contribution in [0, 0.1) is 10.1 Å². The highest BCUT2D eigenvalue weighted by atomic mass is 16.6. The molecule has 20 heavy (non-hydrogen) atoms. The molecule has 110 valence electrons. The van der Waals surface area contributed by atoms with Crippen molar-refractivity contribution in [2.24, 2.45) is 0 Å². The molecular weight excluding hydrogens is 260 g/mol. The number of hydrogen-bond donors (Lipinski definition) is 1. The van der Waals surface area contributed by atoms with Crippen LogP contribution in [0.15, 0.2) is 18.2 Å². The fraction of sp³-hybridized carbons (Fsp3) is 0.571. The Morgan fingerprint density at radius 2 is 2.30 bits per heavy atom. The lowest BCUT2D eigenvalue weighted by molar-refractivity contribution is -0.385. The van der Waals surface area contributed by atoms with Gasteiger partial charge in [0.1, 0.15) is 5.75 Å². The first-order valence-electron chi connectivity index (χ1n) is 6.70. The summed E-state index contributed by atoms with van der Waals surface area (Å²) in [6.45, 7) is 4.18. The Kier molecular flexibility index (Phi) is 4.57. The van der Waals surface area contributed by atoms with Gasteiger partial charge in [-0.1, -0.05) is 0 Å². The van der Waals surface area contributed by atoms with Crippen LogP contribution < -0.4 is 10.1 Å². The summed E-state index contributed by atoms with van der Waals surface area (Å²) in [7, 11) is 1.55. The van der Waals surface area contributed by atoms with Crippen LogP contribution in [0.25, 0.3) is 0 Å². The molecule has 2 rings (SSSR count). The minimum atomic E-state index is -0.410. The number of methoxy groups -OCH3 is 1. The molecule has 0 aliphatic carbocycles. The number of nitro benzene ring substituents is 1. The fourth-order valence-corrected chi connectivity index (χ4v) is 2.40. The van der Waals surface area contributed by atoms with Crippen molar-refractivity contribution < 1.29 is 14.4 Å². The molecule has 0 bridgehead atoms. The Morgan fingerprint density at radius 1 is 1.50 bits per heavy atom. The zero-order valence-corrected chi connectivity index (χ0v) is 11.8. The van der Waals surface area contributed by atoms with Crippen LogP contribution in [0.1, 0.15) is 25.3 Å². The van der Waals surface area contributed by atoms with E-state index in [1.165, 1.54) is 12.1 Å². The van der Waals surface area contributed by atoms with Crippen LogP contribution in [0.2, 0.25) is 0 Å². The van der Waals surface area contributed by atoms with E-state index in [-0.39, 0.29) is 11.3 Å². The smallest absolute Gasteiger partial charge is 0.270 e. The predicted octanol–water partition coefficient (Wildman–Crippen LogP) is 2.26. The SMILES string of the molecule is COc1ccc([N+](=O)[O-])cc1COC1(C)CCCNC1. The second-order valence-corrected chi connectivity index (χ2v) is 5.27. The largest absolute Gasteiger partial charge is 0.496 e. The first-order chi connectivity index (χ1) is 9.54. The topological polar surface area (TPSA) is 73.6 Å². The number of piperidine rings is 1. The van der Waals surface area contributed by atoms with E-state index < -0.39 is 4.92 Å². The zero-order valence-electron chi connectivity index (χ0n) is 11.8.